The van der Waals surface area contributed by atoms with E-state index in [2.05, 4.69) is 19.6 Å². The minimum Gasteiger partial charge on any atom is -0.493 e. The molecule has 2 rings (SSSR count). The molecule has 0 aliphatic carbocycles. The van der Waals surface area contributed by atoms with Gasteiger partial charge in [-0.1, -0.05) is 32.1 Å². The molecule has 0 saturated carbocycles. The van der Waals surface area contributed by atoms with Crippen molar-refractivity contribution < 1.29 is 18.9 Å². The molecule has 0 bridgehead atoms. The number of ether oxygens (including phenoxy) is 4. The molecule has 0 atom stereocenters. The molecule has 4 nitrogen and oxygen atoms in total. The fraction of sp³-hybridized carbons (Fsp3) is 0.333. The van der Waals surface area contributed by atoms with E-state index in [0.717, 1.165) is 40.2 Å². The third-order valence-electron chi connectivity index (χ3n) is 4.71. The molecule has 0 saturated heterocycles. The van der Waals surface area contributed by atoms with Gasteiger partial charge in [-0.25, -0.2) is 0 Å². The molecule has 0 spiro atoms. The van der Waals surface area contributed by atoms with Gasteiger partial charge in [-0.3, -0.25) is 0 Å². The Kier molecular flexibility index (Phi) is 7.56. The predicted molar refractivity (Wildman–Crippen MR) is 116 cm³/mol. The van der Waals surface area contributed by atoms with Crippen molar-refractivity contribution in [2.45, 2.75) is 26.7 Å². The second-order valence-corrected chi connectivity index (χ2v) is 6.38. The highest BCUT2D eigenvalue weighted by atomic mass is 16.5. The van der Waals surface area contributed by atoms with E-state index in [-0.39, 0.29) is 0 Å². The quantitative estimate of drug-likeness (QED) is 0.692. The Morgan fingerprint density at radius 3 is 2.11 bits per heavy atom. The van der Waals surface area contributed by atoms with Crippen LogP contribution in [0.25, 0.3) is 17.7 Å². The largest absolute Gasteiger partial charge is 0.493 e. The van der Waals surface area contributed by atoms with Crippen LogP contribution in [0.4, 0.5) is 0 Å². The van der Waals surface area contributed by atoms with Crippen LogP contribution in [-0.2, 0) is 6.42 Å². The van der Waals surface area contributed by atoms with Crippen LogP contribution in [-0.4, -0.2) is 28.4 Å². The number of hydrogen-bond acceptors (Lipinski definition) is 4. The van der Waals surface area contributed by atoms with E-state index >= 15 is 0 Å². The standard InChI is InChI=1S/C24H30O4/c1-8-10-17-14-22(26-5)23(27-6)15-20(17)16(3)13-18-11-12-21(25-4)24(28-7)19(18)9-2/h9,11-15H,3,8,10H2,1-2,4-7H3/b18-13-,19-9+. The number of benzene rings is 2. The van der Waals surface area contributed by atoms with Crippen LogP contribution in [0.1, 0.15) is 31.4 Å². The molecule has 2 aromatic rings. The van der Waals surface area contributed by atoms with Gasteiger partial charge in [-0.2, -0.15) is 0 Å². The molecule has 4 heteroatoms. The van der Waals surface area contributed by atoms with Crippen LogP contribution in [0.3, 0.4) is 0 Å². The molecule has 0 N–H and O–H groups in total. The Morgan fingerprint density at radius 2 is 1.57 bits per heavy atom. The van der Waals surface area contributed by atoms with Crippen molar-refractivity contribution in [3.05, 3.63) is 52.4 Å². The summed E-state index contributed by atoms with van der Waals surface area (Å²) >= 11 is 0. The van der Waals surface area contributed by atoms with Gasteiger partial charge >= 0.3 is 0 Å². The molecule has 28 heavy (non-hydrogen) atoms. The van der Waals surface area contributed by atoms with Crippen molar-refractivity contribution >= 4 is 17.7 Å². The fourth-order valence-corrected chi connectivity index (χ4v) is 3.35. The van der Waals surface area contributed by atoms with Gasteiger partial charge in [-0.15, -0.1) is 0 Å². The summed E-state index contributed by atoms with van der Waals surface area (Å²) in [5, 5.41) is 1.99. The number of aryl methyl sites for hydroxylation is 1. The van der Waals surface area contributed by atoms with Crippen molar-refractivity contribution in [1.29, 1.82) is 0 Å². The third kappa shape index (κ3) is 4.33. The minimum atomic E-state index is 0.696. The molecule has 0 unspecified atom stereocenters. The topological polar surface area (TPSA) is 36.9 Å². The highest BCUT2D eigenvalue weighted by Gasteiger charge is 2.13. The summed E-state index contributed by atoms with van der Waals surface area (Å²) in [5.41, 5.74) is 3.14. The van der Waals surface area contributed by atoms with Crippen LogP contribution < -0.4 is 29.4 Å². The van der Waals surface area contributed by atoms with Gasteiger partial charge in [0.25, 0.3) is 0 Å². The van der Waals surface area contributed by atoms with Gasteiger partial charge in [-0.05, 0) is 59.5 Å². The molecule has 150 valence electrons. The highest BCUT2D eigenvalue weighted by molar-refractivity contribution is 5.89. The number of allylic oxidation sites excluding steroid dienone is 1. The van der Waals surface area contributed by atoms with Crippen molar-refractivity contribution in [2.75, 3.05) is 28.4 Å². The summed E-state index contributed by atoms with van der Waals surface area (Å²) in [4.78, 5) is 0. The fourth-order valence-electron chi connectivity index (χ4n) is 3.35. The first-order valence-corrected chi connectivity index (χ1v) is 9.37. The maximum atomic E-state index is 5.57. The second-order valence-electron chi connectivity index (χ2n) is 6.38. The zero-order valence-electron chi connectivity index (χ0n) is 17.7. The van der Waals surface area contributed by atoms with Crippen LogP contribution in [0, 0.1) is 0 Å². The van der Waals surface area contributed by atoms with Gasteiger partial charge in [0.05, 0.1) is 28.4 Å². The monoisotopic (exact) mass is 382 g/mol. The summed E-state index contributed by atoms with van der Waals surface area (Å²) in [6, 6.07) is 7.96. The molecule has 0 heterocycles. The van der Waals surface area contributed by atoms with Crippen molar-refractivity contribution in [1.82, 2.24) is 0 Å². The second kappa shape index (κ2) is 9.88. The molecule has 0 aliphatic heterocycles. The van der Waals surface area contributed by atoms with E-state index in [0.29, 0.717) is 17.2 Å². The van der Waals surface area contributed by atoms with E-state index in [1.54, 1.807) is 28.4 Å². The maximum absolute atomic E-state index is 5.57. The zero-order chi connectivity index (χ0) is 20.7. The summed E-state index contributed by atoms with van der Waals surface area (Å²) in [5.74, 6) is 2.85. The Balaban J connectivity index is 2.67. The predicted octanol–water partition coefficient (Wildman–Crippen LogP) is 3.97. The first kappa shape index (κ1) is 21.4. The molecule has 2 aromatic carbocycles. The Bertz CT molecular complexity index is 958. The van der Waals surface area contributed by atoms with Gasteiger partial charge in [0.1, 0.15) is 0 Å². The minimum absolute atomic E-state index is 0.696. The lowest BCUT2D eigenvalue weighted by Crippen LogP contribution is -2.26. The van der Waals surface area contributed by atoms with Crippen molar-refractivity contribution in [3.8, 4) is 23.0 Å². The molecule has 0 aliphatic rings. The van der Waals surface area contributed by atoms with Crippen molar-refractivity contribution in [3.63, 3.8) is 0 Å². The summed E-state index contributed by atoms with van der Waals surface area (Å²) in [6.45, 7) is 8.47. The number of methoxy groups -OCH3 is 4. The summed E-state index contributed by atoms with van der Waals surface area (Å²) < 4.78 is 22.0. The molecule has 0 aromatic heterocycles. The SMILES string of the molecule is C=C(/C=c1/ccc(OC)c(OC)/c1=C/C)c1cc(OC)c(OC)cc1CCC. The van der Waals surface area contributed by atoms with Crippen LogP contribution in [0.5, 0.6) is 23.0 Å². The average Bonchev–Trinajstić information content (AvgIpc) is 2.72. The lowest BCUT2D eigenvalue weighted by atomic mass is 9.95. The van der Waals surface area contributed by atoms with Crippen molar-refractivity contribution in [2.24, 2.45) is 0 Å². The summed E-state index contributed by atoms with van der Waals surface area (Å²) in [7, 11) is 6.59. The van der Waals surface area contributed by atoms with E-state index < -0.39 is 0 Å². The number of rotatable bonds is 8. The third-order valence-corrected chi connectivity index (χ3v) is 4.71. The van der Waals surface area contributed by atoms with E-state index in [1.165, 1.54) is 5.56 Å². The highest BCUT2D eigenvalue weighted by Crippen LogP contribution is 2.34. The Morgan fingerprint density at radius 1 is 0.929 bits per heavy atom. The molecule has 0 fully saturated rings. The van der Waals surface area contributed by atoms with E-state index in [9.17, 15) is 0 Å². The first-order valence-electron chi connectivity index (χ1n) is 9.37. The smallest absolute Gasteiger partial charge is 0.168 e. The average molecular weight is 383 g/mol. The molecule has 0 radical (unpaired) electrons. The normalized spacial score (nSPS) is 12.1. The van der Waals surface area contributed by atoms with Gasteiger partial charge < -0.3 is 18.9 Å². The van der Waals surface area contributed by atoms with Crippen LogP contribution in [0.15, 0.2) is 30.8 Å². The Labute approximate surface area is 167 Å². The molecular formula is C24H30O4. The van der Waals surface area contributed by atoms with Crippen LogP contribution in [0.2, 0.25) is 0 Å². The number of hydrogen-bond donors (Lipinski definition) is 0. The van der Waals surface area contributed by atoms with E-state index in [1.807, 2.05) is 37.3 Å². The molecular weight excluding hydrogens is 352 g/mol. The van der Waals surface area contributed by atoms with Crippen LogP contribution >= 0.6 is 0 Å². The zero-order valence-corrected chi connectivity index (χ0v) is 17.7. The Hall–Kier alpha value is -2.88. The maximum Gasteiger partial charge on any atom is 0.168 e. The van der Waals surface area contributed by atoms with Gasteiger partial charge in [0.15, 0.2) is 23.0 Å². The lowest BCUT2D eigenvalue weighted by molar-refractivity contribution is 0.352. The molecule has 0 amide bonds. The lowest BCUT2D eigenvalue weighted by Gasteiger charge is -2.15. The first-order chi connectivity index (χ1) is 13.5. The van der Waals surface area contributed by atoms with Gasteiger partial charge in [0.2, 0.25) is 0 Å². The summed E-state index contributed by atoms with van der Waals surface area (Å²) in [6.07, 6.45) is 6.04. The van der Waals surface area contributed by atoms with Gasteiger partial charge in [0, 0.05) is 5.22 Å². The van der Waals surface area contributed by atoms with E-state index in [4.69, 9.17) is 18.9 Å².